The first-order chi connectivity index (χ1) is 10.8. The van der Waals surface area contributed by atoms with E-state index in [1.165, 1.54) is 0 Å². The Morgan fingerprint density at radius 1 is 1.32 bits per heavy atom. The molecule has 0 bridgehead atoms. The molecular weight excluding hydrogens is 278 g/mol. The summed E-state index contributed by atoms with van der Waals surface area (Å²) in [5.41, 5.74) is 0.969. The molecule has 22 heavy (non-hydrogen) atoms. The molecule has 0 unspecified atom stereocenters. The van der Waals surface area contributed by atoms with Crippen molar-refractivity contribution in [3.05, 3.63) is 30.1 Å². The van der Waals surface area contributed by atoms with Gasteiger partial charge < -0.3 is 20.3 Å². The van der Waals surface area contributed by atoms with Crippen LogP contribution >= 0.6 is 0 Å². The van der Waals surface area contributed by atoms with Crippen LogP contribution in [0.3, 0.4) is 0 Å². The maximum Gasteiger partial charge on any atom is 0.191 e. The quantitative estimate of drug-likeness (QED) is 0.385. The molecule has 0 radical (unpaired) electrons. The number of rotatable bonds is 10. The highest BCUT2D eigenvalue weighted by Crippen LogP contribution is 1.95. The summed E-state index contributed by atoms with van der Waals surface area (Å²) in [5.74, 6) is 0.832. The van der Waals surface area contributed by atoms with Crippen LogP contribution in [-0.4, -0.2) is 62.8 Å². The molecule has 0 aliphatic heterocycles. The highest BCUT2D eigenvalue weighted by atomic mass is 16.5. The summed E-state index contributed by atoms with van der Waals surface area (Å²) in [6, 6.07) is 5.87. The Morgan fingerprint density at radius 2 is 2.18 bits per heavy atom. The van der Waals surface area contributed by atoms with E-state index in [9.17, 15) is 0 Å². The Balaban J connectivity index is 2.31. The summed E-state index contributed by atoms with van der Waals surface area (Å²) in [6.45, 7) is 7.17. The Bertz CT molecular complexity index is 410. The van der Waals surface area contributed by atoms with Crippen molar-refractivity contribution in [2.24, 2.45) is 4.99 Å². The molecule has 6 heteroatoms. The summed E-state index contributed by atoms with van der Waals surface area (Å²) in [4.78, 5) is 11.1. The third kappa shape index (κ3) is 8.59. The van der Waals surface area contributed by atoms with Crippen LogP contribution in [-0.2, 0) is 11.3 Å². The molecule has 0 aliphatic rings. The fourth-order valence-corrected chi connectivity index (χ4v) is 1.95. The maximum atomic E-state index is 5.06. The fraction of sp³-hybridized carbons (Fsp3) is 0.625. The number of aromatic nitrogens is 1. The van der Waals surface area contributed by atoms with Gasteiger partial charge >= 0.3 is 0 Å². The number of likely N-dealkylation sites (N-methyl/N-ethyl adjacent to an activating group) is 1. The first-order valence-electron chi connectivity index (χ1n) is 7.85. The number of hydrogen-bond acceptors (Lipinski definition) is 4. The predicted molar refractivity (Wildman–Crippen MR) is 91.0 cm³/mol. The smallest absolute Gasteiger partial charge is 0.191 e. The van der Waals surface area contributed by atoms with E-state index in [4.69, 9.17) is 4.74 Å². The molecule has 0 fully saturated rings. The van der Waals surface area contributed by atoms with E-state index in [-0.39, 0.29) is 0 Å². The van der Waals surface area contributed by atoms with Crippen molar-refractivity contribution in [3.8, 4) is 0 Å². The Kier molecular flexibility index (Phi) is 9.98. The van der Waals surface area contributed by atoms with Crippen molar-refractivity contribution >= 4 is 5.96 Å². The van der Waals surface area contributed by atoms with Gasteiger partial charge in [0.25, 0.3) is 0 Å². The van der Waals surface area contributed by atoms with Gasteiger partial charge in [0.1, 0.15) is 0 Å². The molecule has 1 heterocycles. The van der Waals surface area contributed by atoms with Crippen molar-refractivity contribution in [2.75, 3.05) is 46.9 Å². The first kappa shape index (κ1) is 18.4. The minimum atomic E-state index is 0.583. The van der Waals surface area contributed by atoms with Gasteiger partial charge in [-0.15, -0.1) is 0 Å². The fourth-order valence-electron chi connectivity index (χ4n) is 1.95. The van der Waals surface area contributed by atoms with Crippen LogP contribution in [0.5, 0.6) is 0 Å². The standard InChI is InChI=1S/C16H29N5O/c1-4-17-16(20-14-15-8-5-6-9-18-15)19-10-12-21(2)11-7-13-22-3/h5-6,8-9H,4,7,10-14H2,1-3H3,(H2,17,19,20). The number of aliphatic imine (C=N–C) groups is 1. The van der Waals surface area contributed by atoms with Gasteiger partial charge in [0.05, 0.1) is 12.2 Å². The van der Waals surface area contributed by atoms with Gasteiger partial charge in [-0.3, -0.25) is 4.98 Å². The molecule has 124 valence electrons. The first-order valence-corrected chi connectivity index (χ1v) is 7.85. The van der Waals surface area contributed by atoms with Crippen molar-refractivity contribution in [1.29, 1.82) is 0 Å². The zero-order valence-electron chi connectivity index (χ0n) is 14.0. The summed E-state index contributed by atoms with van der Waals surface area (Å²) < 4.78 is 5.06. The maximum absolute atomic E-state index is 5.06. The largest absolute Gasteiger partial charge is 0.385 e. The lowest BCUT2D eigenvalue weighted by Gasteiger charge is -2.18. The zero-order chi connectivity index (χ0) is 16.0. The van der Waals surface area contributed by atoms with Gasteiger partial charge in [0, 0.05) is 46.1 Å². The lowest BCUT2D eigenvalue weighted by atomic mass is 10.3. The number of pyridine rings is 1. The normalized spacial score (nSPS) is 11.7. The van der Waals surface area contributed by atoms with Crippen LogP contribution in [0.15, 0.2) is 29.4 Å². The summed E-state index contributed by atoms with van der Waals surface area (Å²) in [6.07, 6.45) is 2.85. The molecule has 0 saturated carbocycles. The lowest BCUT2D eigenvalue weighted by Crippen LogP contribution is -2.41. The number of methoxy groups -OCH3 is 1. The number of hydrogen-bond donors (Lipinski definition) is 2. The highest BCUT2D eigenvalue weighted by molar-refractivity contribution is 5.79. The summed E-state index contributed by atoms with van der Waals surface area (Å²) in [7, 11) is 3.86. The van der Waals surface area contributed by atoms with Crippen molar-refractivity contribution in [2.45, 2.75) is 19.9 Å². The van der Waals surface area contributed by atoms with E-state index in [2.05, 4.69) is 39.5 Å². The summed E-state index contributed by atoms with van der Waals surface area (Å²) >= 11 is 0. The molecule has 1 aromatic rings. The minimum absolute atomic E-state index is 0.583. The van der Waals surface area contributed by atoms with Gasteiger partial charge in [-0.05, 0) is 32.5 Å². The van der Waals surface area contributed by atoms with Gasteiger partial charge in [-0.1, -0.05) is 6.07 Å². The average Bonchev–Trinajstić information content (AvgIpc) is 2.54. The Morgan fingerprint density at radius 3 is 2.86 bits per heavy atom. The van der Waals surface area contributed by atoms with Crippen LogP contribution in [0, 0.1) is 0 Å². The second kappa shape index (κ2) is 11.9. The molecule has 1 aromatic heterocycles. The Hall–Kier alpha value is -1.66. The Labute approximate surface area is 134 Å². The second-order valence-corrected chi connectivity index (χ2v) is 5.09. The van der Waals surface area contributed by atoms with Crippen LogP contribution in [0.4, 0.5) is 0 Å². The molecule has 0 spiro atoms. The van der Waals surface area contributed by atoms with Crippen molar-refractivity contribution in [1.82, 2.24) is 20.5 Å². The van der Waals surface area contributed by atoms with E-state index in [0.717, 1.165) is 50.9 Å². The van der Waals surface area contributed by atoms with Crippen LogP contribution in [0.25, 0.3) is 0 Å². The van der Waals surface area contributed by atoms with E-state index in [1.54, 1.807) is 13.3 Å². The number of nitrogens with one attached hydrogen (secondary N) is 2. The van der Waals surface area contributed by atoms with E-state index < -0.39 is 0 Å². The molecule has 0 aliphatic carbocycles. The SMILES string of the molecule is CCNC(=NCc1ccccn1)NCCN(C)CCCOC. The number of nitrogens with zero attached hydrogens (tertiary/aromatic N) is 3. The lowest BCUT2D eigenvalue weighted by molar-refractivity contribution is 0.180. The minimum Gasteiger partial charge on any atom is -0.385 e. The van der Waals surface area contributed by atoms with Crippen molar-refractivity contribution in [3.63, 3.8) is 0 Å². The van der Waals surface area contributed by atoms with E-state index in [0.29, 0.717) is 6.54 Å². The molecule has 0 amide bonds. The molecule has 0 saturated heterocycles. The summed E-state index contributed by atoms with van der Waals surface area (Å²) in [5, 5.41) is 6.60. The van der Waals surface area contributed by atoms with E-state index in [1.807, 2.05) is 18.2 Å². The molecule has 0 atom stereocenters. The average molecular weight is 307 g/mol. The molecular formula is C16H29N5O. The molecule has 2 N–H and O–H groups in total. The predicted octanol–water partition coefficient (Wildman–Crippen LogP) is 1.11. The van der Waals surface area contributed by atoms with Gasteiger partial charge in [-0.25, -0.2) is 4.99 Å². The third-order valence-electron chi connectivity index (χ3n) is 3.14. The molecule has 6 nitrogen and oxygen atoms in total. The van der Waals surface area contributed by atoms with E-state index >= 15 is 0 Å². The van der Waals surface area contributed by atoms with Gasteiger partial charge in [0.2, 0.25) is 0 Å². The number of ether oxygens (including phenoxy) is 1. The topological polar surface area (TPSA) is 61.8 Å². The van der Waals surface area contributed by atoms with Crippen LogP contribution in [0.2, 0.25) is 0 Å². The third-order valence-corrected chi connectivity index (χ3v) is 3.14. The van der Waals surface area contributed by atoms with Gasteiger partial charge in [0.15, 0.2) is 5.96 Å². The van der Waals surface area contributed by atoms with Crippen LogP contribution < -0.4 is 10.6 Å². The molecule has 0 aromatic carbocycles. The highest BCUT2D eigenvalue weighted by Gasteiger charge is 2.00. The monoisotopic (exact) mass is 307 g/mol. The zero-order valence-corrected chi connectivity index (χ0v) is 14.0. The number of guanidine groups is 1. The van der Waals surface area contributed by atoms with Gasteiger partial charge in [-0.2, -0.15) is 0 Å². The molecule has 1 rings (SSSR count). The van der Waals surface area contributed by atoms with Crippen LogP contribution in [0.1, 0.15) is 19.0 Å². The second-order valence-electron chi connectivity index (χ2n) is 5.09. The van der Waals surface area contributed by atoms with Crippen molar-refractivity contribution < 1.29 is 4.74 Å².